The van der Waals surface area contributed by atoms with E-state index in [-0.39, 0.29) is 5.91 Å². The second-order valence-electron chi connectivity index (χ2n) is 5.29. The standard InChI is InChI=1S/C16H16N4OS/c17-7-11-2-1-3-12(6-11)8-18-9-15-20-14(10-22-15)16(21)19-13-4-5-13/h1-3,6,10,13,18H,4-5,8-9H2,(H,19,21). The van der Waals surface area contributed by atoms with Gasteiger partial charge in [-0.3, -0.25) is 4.79 Å². The summed E-state index contributed by atoms with van der Waals surface area (Å²) in [6, 6.07) is 9.98. The summed E-state index contributed by atoms with van der Waals surface area (Å²) in [6.07, 6.45) is 2.15. The van der Waals surface area contributed by atoms with E-state index in [0.29, 0.717) is 30.4 Å². The van der Waals surface area contributed by atoms with Crippen molar-refractivity contribution >= 4 is 17.2 Å². The van der Waals surface area contributed by atoms with Crippen LogP contribution < -0.4 is 10.6 Å². The largest absolute Gasteiger partial charge is 0.348 e. The van der Waals surface area contributed by atoms with E-state index in [1.807, 2.05) is 18.2 Å². The van der Waals surface area contributed by atoms with Gasteiger partial charge in [-0.25, -0.2) is 4.98 Å². The van der Waals surface area contributed by atoms with E-state index in [1.54, 1.807) is 11.4 Å². The lowest BCUT2D eigenvalue weighted by molar-refractivity contribution is 0.0946. The second-order valence-corrected chi connectivity index (χ2v) is 6.23. The molecular weight excluding hydrogens is 296 g/mol. The maximum Gasteiger partial charge on any atom is 0.270 e. The molecule has 1 aromatic carbocycles. The lowest BCUT2D eigenvalue weighted by Gasteiger charge is -2.03. The zero-order valence-electron chi connectivity index (χ0n) is 12.0. The van der Waals surface area contributed by atoms with Crippen LogP contribution in [0, 0.1) is 11.3 Å². The normalized spacial score (nSPS) is 13.6. The van der Waals surface area contributed by atoms with Crippen molar-refractivity contribution in [1.82, 2.24) is 15.6 Å². The van der Waals surface area contributed by atoms with Gasteiger partial charge in [-0.2, -0.15) is 5.26 Å². The van der Waals surface area contributed by atoms with Crippen LogP contribution >= 0.6 is 11.3 Å². The Bertz CT molecular complexity index is 715. The van der Waals surface area contributed by atoms with E-state index in [9.17, 15) is 4.79 Å². The highest BCUT2D eigenvalue weighted by molar-refractivity contribution is 7.09. The van der Waals surface area contributed by atoms with Gasteiger partial charge in [0.05, 0.1) is 11.6 Å². The number of hydrogen-bond acceptors (Lipinski definition) is 5. The first-order chi connectivity index (χ1) is 10.7. The van der Waals surface area contributed by atoms with Crippen molar-refractivity contribution < 1.29 is 4.79 Å². The van der Waals surface area contributed by atoms with Crippen molar-refractivity contribution in [3.05, 3.63) is 51.5 Å². The van der Waals surface area contributed by atoms with Crippen LogP contribution in [0.4, 0.5) is 0 Å². The molecule has 1 heterocycles. The average molecular weight is 312 g/mol. The Kier molecular flexibility index (Phi) is 4.47. The molecule has 0 atom stereocenters. The summed E-state index contributed by atoms with van der Waals surface area (Å²) in [5.41, 5.74) is 2.22. The lowest BCUT2D eigenvalue weighted by Crippen LogP contribution is -2.25. The average Bonchev–Trinajstić information content (AvgIpc) is 3.22. The predicted octanol–water partition coefficient (Wildman–Crippen LogP) is 2.20. The summed E-state index contributed by atoms with van der Waals surface area (Å²) in [7, 11) is 0. The molecule has 1 fully saturated rings. The maximum absolute atomic E-state index is 11.9. The molecule has 0 unspecified atom stereocenters. The second kappa shape index (κ2) is 6.69. The van der Waals surface area contributed by atoms with Gasteiger partial charge in [0.25, 0.3) is 5.91 Å². The SMILES string of the molecule is N#Cc1cccc(CNCc2nc(C(=O)NC3CC3)cs2)c1. The van der Waals surface area contributed by atoms with Crippen molar-refractivity contribution in [2.45, 2.75) is 32.0 Å². The zero-order chi connectivity index (χ0) is 15.4. The molecule has 1 aliphatic rings. The third-order valence-corrected chi connectivity index (χ3v) is 4.21. The first-order valence-electron chi connectivity index (χ1n) is 7.19. The van der Waals surface area contributed by atoms with Crippen molar-refractivity contribution in [2.75, 3.05) is 0 Å². The van der Waals surface area contributed by atoms with E-state index in [0.717, 1.165) is 23.4 Å². The minimum Gasteiger partial charge on any atom is -0.348 e. The van der Waals surface area contributed by atoms with Gasteiger partial charge in [0.1, 0.15) is 10.7 Å². The molecule has 5 nitrogen and oxygen atoms in total. The van der Waals surface area contributed by atoms with Crippen LogP contribution in [-0.2, 0) is 13.1 Å². The highest BCUT2D eigenvalue weighted by Crippen LogP contribution is 2.19. The lowest BCUT2D eigenvalue weighted by atomic mass is 10.1. The Hall–Kier alpha value is -2.23. The molecule has 1 aliphatic carbocycles. The first-order valence-corrected chi connectivity index (χ1v) is 8.07. The van der Waals surface area contributed by atoms with E-state index < -0.39 is 0 Å². The molecule has 112 valence electrons. The molecule has 1 saturated carbocycles. The molecule has 0 spiro atoms. The van der Waals surface area contributed by atoms with E-state index in [1.165, 1.54) is 11.3 Å². The molecule has 0 bridgehead atoms. The number of nitriles is 1. The third-order valence-electron chi connectivity index (χ3n) is 3.36. The van der Waals surface area contributed by atoms with Crippen LogP contribution in [0.5, 0.6) is 0 Å². The molecule has 22 heavy (non-hydrogen) atoms. The van der Waals surface area contributed by atoms with Crippen LogP contribution in [0.15, 0.2) is 29.6 Å². The smallest absolute Gasteiger partial charge is 0.270 e. The third kappa shape index (κ3) is 3.91. The van der Waals surface area contributed by atoms with Crippen LogP contribution in [-0.4, -0.2) is 16.9 Å². The van der Waals surface area contributed by atoms with Gasteiger partial charge in [0, 0.05) is 24.5 Å². The summed E-state index contributed by atoms with van der Waals surface area (Å²) >= 11 is 1.48. The number of thiazole rings is 1. The Labute approximate surface area is 133 Å². The fourth-order valence-corrected chi connectivity index (χ4v) is 2.79. The van der Waals surface area contributed by atoms with Gasteiger partial charge in [0.15, 0.2) is 0 Å². The van der Waals surface area contributed by atoms with Crippen LogP contribution in [0.2, 0.25) is 0 Å². The van der Waals surface area contributed by atoms with E-state index in [4.69, 9.17) is 5.26 Å². The molecule has 2 aromatic rings. The summed E-state index contributed by atoms with van der Waals surface area (Å²) in [4.78, 5) is 16.2. The first kappa shape index (κ1) is 14.7. The summed E-state index contributed by atoms with van der Waals surface area (Å²) in [5, 5.41) is 17.8. The van der Waals surface area contributed by atoms with Gasteiger partial charge in [-0.15, -0.1) is 11.3 Å². The number of hydrogen-bond donors (Lipinski definition) is 2. The van der Waals surface area contributed by atoms with Crippen LogP contribution in [0.3, 0.4) is 0 Å². The molecule has 0 aliphatic heterocycles. The summed E-state index contributed by atoms with van der Waals surface area (Å²) in [6.45, 7) is 1.27. The minimum absolute atomic E-state index is 0.0771. The van der Waals surface area contributed by atoms with Crippen LogP contribution in [0.1, 0.15) is 39.5 Å². The van der Waals surface area contributed by atoms with Crippen molar-refractivity contribution in [3.8, 4) is 6.07 Å². The number of nitrogens with zero attached hydrogens (tertiary/aromatic N) is 2. The number of nitrogens with one attached hydrogen (secondary N) is 2. The minimum atomic E-state index is -0.0771. The highest BCUT2D eigenvalue weighted by atomic mass is 32.1. The van der Waals surface area contributed by atoms with Crippen molar-refractivity contribution in [3.63, 3.8) is 0 Å². The Morgan fingerprint density at radius 2 is 2.27 bits per heavy atom. The molecule has 2 N–H and O–H groups in total. The number of carbonyl (C=O) groups is 1. The number of carbonyl (C=O) groups excluding carboxylic acids is 1. The molecule has 6 heteroatoms. The molecule has 3 rings (SSSR count). The van der Waals surface area contributed by atoms with Crippen LogP contribution in [0.25, 0.3) is 0 Å². The zero-order valence-corrected chi connectivity index (χ0v) is 12.8. The monoisotopic (exact) mass is 312 g/mol. The quantitative estimate of drug-likeness (QED) is 0.857. The van der Waals surface area contributed by atoms with Gasteiger partial charge in [0.2, 0.25) is 0 Å². The number of benzene rings is 1. The Morgan fingerprint density at radius 3 is 3.05 bits per heavy atom. The number of aromatic nitrogens is 1. The number of rotatable bonds is 6. The Morgan fingerprint density at radius 1 is 1.41 bits per heavy atom. The van der Waals surface area contributed by atoms with Crippen molar-refractivity contribution in [1.29, 1.82) is 5.26 Å². The molecule has 0 radical (unpaired) electrons. The number of amides is 1. The molecular formula is C16H16N4OS. The molecule has 0 saturated heterocycles. The molecule has 1 amide bonds. The fraction of sp³-hybridized carbons (Fsp3) is 0.312. The van der Waals surface area contributed by atoms with Crippen molar-refractivity contribution in [2.24, 2.45) is 0 Å². The summed E-state index contributed by atoms with van der Waals surface area (Å²) in [5.74, 6) is -0.0771. The topological polar surface area (TPSA) is 77.8 Å². The molecule has 1 aromatic heterocycles. The van der Waals surface area contributed by atoms with Gasteiger partial charge in [-0.1, -0.05) is 12.1 Å². The maximum atomic E-state index is 11.9. The fourth-order valence-electron chi connectivity index (χ4n) is 2.05. The van der Waals surface area contributed by atoms with E-state index >= 15 is 0 Å². The predicted molar refractivity (Wildman–Crippen MR) is 84.3 cm³/mol. The van der Waals surface area contributed by atoms with E-state index in [2.05, 4.69) is 21.7 Å². The van der Waals surface area contributed by atoms with Gasteiger partial charge < -0.3 is 10.6 Å². The summed E-state index contributed by atoms with van der Waals surface area (Å²) < 4.78 is 0. The van der Waals surface area contributed by atoms with Gasteiger partial charge >= 0.3 is 0 Å². The van der Waals surface area contributed by atoms with Gasteiger partial charge in [-0.05, 0) is 30.5 Å². The Balaban J connectivity index is 1.50. The highest BCUT2D eigenvalue weighted by Gasteiger charge is 2.24.